The predicted octanol–water partition coefficient (Wildman–Crippen LogP) is 6.17. The molecule has 0 aliphatic carbocycles. The van der Waals surface area contributed by atoms with E-state index >= 15 is 0 Å². The van der Waals surface area contributed by atoms with E-state index in [-0.39, 0.29) is 0 Å². The van der Waals surface area contributed by atoms with Crippen LogP contribution in [-0.4, -0.2) is 6.54 Å². The maximum absolute atomic E-state index is 4.17. The van der Waals surface area contributed by atoms with E-state index in [0.29, 0.717) is 0 Å². The molecule has 3 nitrogen and oxygen atoms in total. The summed E-state index contributed by atoms with van der Waals surface area (Å²) in [6.07, 6.45) is 11.4. The average Bonchev–Trinajstić information content (AvgIpc) is 2.52. The van der Waals surface area contributed by atoms with E-state index in [1.54, 1.807) is 0 Å². The van der Waals surface area contributed by atoms with Crippen LogP contribution in [0, 0.1) is 0 Å². The molecule has 21 heavy (non-hydrogen) atoms. The van der Waals surface area contributed by atoms with Gasteiger partial charge < -0.3 is 0 Å². The molecule has 0 heterocycles. The Hall–Kier alpha value is -1.38. The van der Waals surface area contributed by atoms with E-state index in [0.717, 1.165) is 25.1 Å². The summed E-state index contributed by atoms with van der Waals surface area (Å²) >= 11 is 0. The number of anilines is 1. The number of unbranched alkanes of at least 4 members (excludes halogenated alkanes) is 6. The summed E-state index contributed by atoms with van der Waals surface area (Å²) in [4.78, 5) is 0. The number of nitrogens with one attached hydrogen (secondary N) is 1. The second-order valence-electron chi connectivity index (χ2n) is 5.65. The quantitative estimate of drug-likeness (QED) is 0.279. The number of benzene rings is 1. The minimum atomic E-state index is 0.827. The van der Waals surface area contributed by atoms with Crippen LogP contribution in [0.3, 0.4) is 0 Å². The zero-order valence-electron chi connectivity index (χ0n) is 13.8. The molecule has 1 aromatic carbocycles. The lowest BCUT2D eigenvalue weighted by Gasteiger charge is -2.02. The van der Waals surface area contributed by atoms with Crippen molar-refractivity contribution in [2.24, 2.45) is 10.3 Å². The van der Waals surface area contributed by atoms with E-state index in [4.69, 9.17) is 0 Å². The third-order valence-electron chi connectivity index (χ3n) is 3.63. The summed E-state index contributed by atoms with van der Waals surface area (Å²) in [6.45, 7) is 5.30. The van der Waals surface area contributed by atoms with Gasteiger partial charge in [0.2, 0.25) is 0 Å². The molecule has 1 N–H and O–H groups in total. The smallest absolute Gasteiger partial charge is 0.0620 e. The molecule has 0 bridgehead atoms. The summed E-state index contributed by atoms with van der Waals surface area (Å²) in [5.41, 5.74) is 5.41. The molecule has 0 atom stereocenters. The van der Waals surface area contributed by atoms with Crippen molar-refractivity contribution in [3.63, 3.8) is 0 Å². The molecule has 0 spiro atoms. The third kappa shape index (κ3) is 9.22. The van der Waals surface area contributed by atoms with Gasteiger partial charge in [-0.2, -0.15) is 5.11 Å². The second-order valence-corrected chi connectivity index (χ2v) is 5.65. The minimum Gasteiger partial charge on any atom is -0.260 e. The van der Waals surface area contributed by atoms with Crippen molar-refractivity contribution < 1.29 is 0 Å². The number of aryl methyl sites for hydroxylation is 1. The van der Waals surface area contributed by atoms with Crippen LogP contribution in [0.1, 0.15) is 70.8 Å². The highest BCUT2D eigenvalue weighted by atomic mass is 15.4. The molecular weight excluding hydrogens is 258 g/mol. The summed E-state index contributed by atoms with van der Waals surface area (Å²) in [6, 6.07) is 8.49. The second kappa shape index (κ2) is 12.4. The maximum Gasteiger partial charge on any atom is 0.0620 e. The van der Waals surface area contributed by atoms with Crippen LogP contribution in [-0.2, 0) is 6.42 Å². The zero-order chi connectivity index (χ0) is 15.2. The van der Waals surface area contributed by atoms with Gasteiger partial charge in [0.1, 0.15) is 0 Å². The first-order valence-corrected chi connectivity index (χ1v) is 8.58. The van der Waals surface area contributed by atoms with Crippen LogP contribution >= 0.6 is 0 Å². The Balaban J connectivity index is 2.09. The summed E-state index contributed by atoms with van der Waals surface area (Å²) in [5, 5.41) is 8.21. The molecule has 1 aromatic rings. The number of rotatable bonds is 12. The third-order valence-corrected chi connectivity index (χ3v) is 3.63. The lowest BCUT2D eigenvalue weighted by Crippen LogP contribution is -1.90. The molecule has 0 aliphatic heterocycles. The Kier molecular flexibility index (Phi) is 10.4. The highest BCUT2D eigenvalue weighted by Crippen LogP contribution is 2.12. The van der Waals surface area contributed by atoms with Gasteiger partial charge in [-0.1, -0.05) is 69.7 Å². The summed E-state index contributed by atoms with van der Waals surface area (Å²) < 4.78 is 0. The Morgan fingerprint density at radius 2 is 1.48 bits per heavy atom. The fourth-order valence-corrected chi connectivity index (χ4v) is 2.23. The summed E-state index contributed by atoms with van der Waals surface area (Å²) in [7, 11) is 0. The Labute approximate surface area is 130 Å². The van der Waals surface area contributed by atoms with Crippen LogP contribution in [0.4, 0.5) is 5.69 Å². The van der Waals surface area contributed by atoms with Crippen molar-refractivity contribution in [3.05, 3.63) is 29.8 Å². The topological polar surface area (TPSA) is 36.8 Å². The lowest BCUT2D eigenvalue weighted by molar-refractivity contribution is 0.607. The fourth-order valence-electron chi connectivity index (χ4n) is 2.23. The number of hydrogen-bond acceptors (Lipinski definition) is 2. The van der Waals surface area contributed by atoms with Gasteiger partial charge in [-0.3, -0.25) is 5.43 Å². The molecule has 0 radical (unpaired) electrons. The highest BCUT2D eigenvalue weighted by molar-refractivity contribution is 5.43. The van der Waals surface area contributed by atoms with Crippen molar-refractivity contribution in [2.75, 3.05) is 12.0 Å². The van der Waals surface area contributed by atoms with Crippen LogP contribution in [0.25, 0.3) is 0 Å². The molecule has 118 valence electrons. The molecule has 0 unspecified atom stereocenters. The molecule has 0 saturated heterocycles. The van der Waals surface area contributed by atoms with Crippen LogP contribution in [0.5, 0.6) is 0 Å². The molecule has 0 amide bonds. The van der Waals surface area contributed by atoms with Gasteiger partial charge in [0.05, 0.1) is 12.2 Å². The van der Waals surface area contributed by atoms with Gasteiger partial charge >= 0.3 is 0 Å². The molecular formula is C18H31N3. The van der Waals surface area contributed by atoms with Crippen LogP contribution in [0.15, 0.2) is 34.6 Å². The Morgan fingerprint density at radius 3 is 2.19 bits per heavy atom. The SMILES string of the molecule is CCCCCCCCN=NNc1ccc(CCCC)cc1. The normalized spacial score (nSPS) is 11.1. The van der Waals surface area contributed by atoms with Crippen molar-refractivity contribution >= 4 is 5.69 Å². The van der Waals surface area contributed by atoms with Gasteiger partial charge in [-0.05, 0) is 37.0 Å². The first-order chi connectivity index (χ1) is 10.4. The van der Waals surface area contributed by atoms with Gasteiger partial charge in [0.25, 0.3) is 0 Å². The van der Waals surface area contributed by atoms with E-state index in [9.17, 15) is 0 Å². The van der Waals surface area contributed by atoms with E-state index in [2.05, 4.69) is 53.9 Å². The average molecular weight is 289 g/mol. The molecule has 3 heteroatoms. The van der Waals surface area contributed by atoms with Crippen LogP contribution < -0.4 is 5.43 Å². The largest absolute Gasteiger partial charge is 0.260 e. The minimum absolute atomic E-state index is 0.827. The predicted molar refractivity (Wildman–Crippen MR) is 91.8 cm³/mol. The molecule has 0 aromatic heterocycles. The lowest BCUT2D eigenvalue weighted by atomic mass is 10.1. The highest BCUT2D eigenvalue weighted by Gasteiger charge is 1.93. The van der Waals surface area contributed by atoms with Gasteiger partial charge in [-0.25, -0.2) is 0 Å². The van der Waals surface area contributed by atoms with Gasteiger partial charge in [0, 0.05) is 0 Å². The molecule has 0 aliphatic rings. The first-order valence-electron chi connectivity index (χ1n) is 8.58. The van der Waals surface area contributed by atoms with Crippen molar-refractivity contribution in [2.45, 2.75) is 71.6 Å². The molecule has 1 rings (SSSR count). The Bertz CT molecular complexity index is 371. The number of hydrogen-bond donors (Lipinski definition) is 1. The molecule has 0 saturated carbocycles. The standard InChI is InChI=1S/C18H31N3/c1-3-5-7-8-9-10-16-19-21-20-18-14-12-17(13-15-18)11-6-4-2/h12-15H,3-11,16H2,1-2H3,(H,19,20). The first kappa shape index (κ1) is 17.7. The van der Waals surface area contributed by atoms with Crippen molar-refractivity contribution in [1.29, 1.82) is 0 Å². The van der Waals surface area contributed by atoms with Crippen LogP contribution in [0.2, 0.25) is 0 Å². The monoisotopic (exact) mass is 289 g/mol. The zero-order valence-corrected chi connectivity index (χ0v) is 13.8. The fraction of sp³-hybridized carbons (Fsp3) is 0.667. The van der Waals surface area contributed by atoms with E-state index in [1.165, 1.54) is 50.5 Å². The van der Waals surface area contributed by atoms with E-state index in [1.807, 2.05) is 0 Å². The van der Waals surface area contributed by atoms with Gasteiger partial charge in [0.15, 0.2) is 0 Å². The van der Waals surface area contributed by atoms with Gasteiger partial charge in [-0.15, -0.1) is 0 Å². The van der Waals surface area contributed by atoms with Crippen molar-refractivity contribution in [3.8, 4) is 0 Å². The van der Waals surface area contributed by atoms with E-state index < -0.39 is 0 Å². The maximum atomic E-state index is 4.17. The Morgan fingerprint density at radius 1 is 0.810 bits per heavy atom. The summed E-state index contributed by atoms with van der Waals surface area (Å²) in [5.74, 6) is 0. The van der Waals surface area contributed by atoms with Crippen molar-refractivity contribution in [1.82, 2.24) is 0 Å². The molecule has 0 fully saturated rings. The number of nitrogens with zero attached hydrogens (tertiary/aromatic N) is 2.